The highest BCUT2D eigenvalue weighted by Crippen LogP contribution is 2.19. The predicted molar refractivity (Wildman–Crippen MR) is 128 cm³/mol. The van der Waals surface area contributed by atoms with Crippen LogP contribution >= 0.6 is 0 Å². The summed E-state index contributed by atoms with van der Waals surface area (Å²) >= 11 is 0. The molecule has 34 heavy (non-hydrogen) atoms. The summed E-state index contributed by atoms with van der Waals surface area (Å²) in [4.78, 5) is 53.0. The van der Waals surface area contributed by atoms with Gasteiger partial charge in [-0.3, -0.25) is 19.2 Å². The van der Waals surface area contributed by atoms with Crippen molar-refractivity contribution in [1.29, 1.82) is 0 Å². The average Bonchev–Trinajstić information content (AvgIpc) is 3.22. The molecular formula is C25H32N4O5. The molecule has 3 rings (SSSR count). The number of para-hydroxylation sites is 1. The molecule has 9 heteroatoms. The average molecular weight is 469 g/mol. The molecule has 0 radical (unpaired) electrons. The van der Waals surface area contributed by atoms with Gasteiger partial charge in [-0.2, -0.15) is 0 Å². The van der Waals surface area contributed by atoms with Crippen molar-refractivity contribution in [2.75, 3.05) is 13.2 Å². The van der Waals surface area contributed by atoms with Crippen LogP contribution in [0.25, 0.3) is 10.9 Å². The molecule has 2 atom stereocenters. The Kier molecular flexibility index (Phi) is 9.25. The van der Waals surface area contributed by atoms with Crippen LogP contribution < -0.4 is 16.0 Å². The standard InChI is InChI=1S/C25H32N4O5/c1-17-24(32)29-21(15-18-16-27-20-10-7-6-9-19(18)20)25(33)26-13-12-23(31)34-14-8-4-2-3-5-11-22(30)28-17/h2-3,6-7,9-10,16-17,21,27H,4-5,8,11-15H2,1H3,(H,26,33)(H,28,30)(H,29,32)/b3-2+/t17-,21+/m0/s1. The molecule has 182 valence electrons. The van der Waals surface area contributed by atoms with Gasteiger partial charge in [-0.1, -0.05) is 30.4 Å². The minimum Gasteiger partial charge on any atom is -0.466 e. The van der Waals surface area contributed by atoms with E-state index in [9.17, 15) is 19.2 Å². The van der Waals surface area contributed by atoms with Crippen molar-refractivity contribution < 1.29 is 23.9 Å². The molecule has 0 saturated carbocycles. The summed E-state index contributed by atoms with van der Waals surface area (Å²) in [5.41, 5.74) is 1.80. The van der Waals surface area contributed by atoms with Crippen molar-refractivity contribution >= 4 is 34.6 Å². The second-order valence-corrected chi connectivity index (χ2v) is 8.33. The van der Waals surface area contributed by atoms with Gasteiger partial charge < -0.3 is 25.7 Å². The van der Waals surface area contributed by atoms with E-state index in [0.717, 1.165) is 22.9 Å². The van der Waals surface area contributed by atoms with Gasteiger partial charge >= 0.3 is 5.97 Å². The number of carbonyl (C=O) groups excluding carboxylic acids is 4. The Morgan fingerprint density at radius 3 is 2.62 bits per heavy atom. The van der Waals surface area contributed by atoms with Crippen molar-refractivity contribution in [3.63, 3.8) is 0 Å². The van der Waals surface area contributed by atoms with Crippen LogP contribution in [-0.2, 0) is 30.3 Å². The predicted octanol–water partition coefficient (Wildman–Crippen LogP) is 1.88. The molecule has 0 aliphatic carbocycles. The van der Waals surface area contributed by atoms with E-state index in [-0.39, 0.29) is 37.7 Å². The van der Waals surface area contributed by atoms with E-state index in [4.69, 9.17) is 4.74 Å². The summed E-state index contributed by atoms with van der Waals surface area (Å²) in [7, 11) is 0. The lowest BCUT2D eigenvalue weighted by Crippen LogP contribution is -2.53. The number of nitrogens with one attached hydrogen (secondary N) is 4. The number of hydrogen-bond acceptors (Lipinski definition) is 5. The number of H-pyrrole nitrogens is 1. The molecule has 1 aliphatic heterocycles. The van der Waals surface area contributed by atoms with Crippen LogP contribution in [0.15, 0.2) is 42.6 Å². The van der Waals surface area contributed by atoms with E-state index >= 15 is 0 Å². The van der Waals surface area contributed by atoms with E-state index in [1.165, 1.54) is 0 Å². The van der Waals surface area contributed by atoms with Gasteiger partial charge in [0.2, 0.25) is 17.7 Å². The zero-order valence-corrected chi connectivity index (χ0v) is 19.4. The van der Waals surface area contributed by atoms with Crippen molar-refractivity contribution in [2.24, 2.45) is 0 Å². The Balaban J connectivity index is 1.73. The van der Waals surface area contributed by atoms with Crippen LogP contribution in [0.2, 0.25) is 0 Å². The Morgan fingerprint density at radius 1 is 0.971 bits per heavy atom. The van der Waals surface area contributed by atoms with E-state index in [1.54, 1.807) is 6.92 Å². The molecule has 1 aliphatic rings. The van der Waals surface area contributed by atoms with Gasteiger partial charge in [-0.15, -0.1) is 0 Å². The Morgan fingerprint density at radius 2 is 1.76 bits per heavy atom. The van der Waals surface area contributed by atoms with Gasteiger partial charge in [0, 0.05) is 36.5 Å². The molecule has 3 amide bonds. The third kappa shape index (κ3) is 7.47. The van der Waals surface area contributed by atoms with Crippen LogP contribution in [-0.4, -0.2) is 53.9 Å². The Bertz CT molecular complexity index is 1040. The third-order valence-corrected chi connectivity index (χ3v) is 5.61. The smallest absolute Gasteiger partial charge is 0.307 e. The number of hydrogen-bond donors (Lipinski definition) is 4. The Labute approximate surface area is 198 Å². The third-order valence-electron chi connectivity index (χ3n) is 5.61. The SMILES string of the molecule is C[C@@H]1NC(=O)CC/C=C/CCCOC(=O)CCNC(=O)[C@@H](Cc2c[nH]c3ccccc23)NC1=O. The van der Waals surface area contributed by atoms with Crippen LogP contribution in [0.4, 0.5) is 0 Å². The molecule has 0 bridgehead atoms. The van der Waals surface area contributed by atoms with Crippen LogP contribution in [0.1, 0.15) is 44.6 Å². The summed E-state index contributed by atoms with van der Waals surface area (Å²) in [6.07, 6.45) is 8.17. The minimum atomic E-state index is -0.882. The number of aromatic nitrogens is 1. The number of allylic oxidation sites excluding steroid dienone is 2. The molecule has 1 aromatic carbocycles. The maximum atomic E-state index is 13.0. The zero-order valence-electron chi connectivity index (χ0n) is 19.4. The topological polar surface area (TPSA) is 129 Å². The van der Waals surface area contributed by atoms with Crippen molar-refractivity contribution in [3.8, 4) is 0 Å². The maximum absolute atomic E-state index is 13.0. The molecule has 0 unspecified atom stereocenters. The molecule has 1 aromatic heterocycles. The lowest BCUT2D eigenvalue weighted by atomic mass is 10.0. The quantitative estimate of drug-likeness (QED) is 0.395. The number of carbonyl (C=O) groups is 4. The number of rotatable bonds is 2. The van der Waals surface area contributed by atoms with Crippen LogP contribution in [0.5, 0.6) is 0 Å². The molecule has 9 nitrogen and oxygen atoms in total. The summed E-state index contributed by atoms with van der Waals surface area (Å²) in [6, 6.07) is 6.01. The first-order chi connectivity index (χ1) is 16.4. The molecule has 0 saturated heterocycles. The summed E-state index contributed by atoms with van der Waals surface area (Å²) in [6.45, 7) is 1.99. The zero-order chi connectivity index (χ0) is 24.3. The lowest BCUT2D eigenvalue weighted by molar-refractivity contribution is -0.143. The minimum absolute atomic E-state index is 0.0434. The number of ether oxygens (including phenoxy) is 1. The van der Waals surface area contributed by atoms with Gasteiger partial charge in [0.05, 0.1) is 13.0 Å². The molecule has 2 aromatic rings. The number of benzene rings is 1. The first-order valence-electron chi connectivity index (χ1n) is 11.7. The number of aromatic amines is 1. The van der Waals surface area contributed by atoms with Gasteiger partial charge in [0.25, 0.3) is 0 Å². The molecule has 0 spiro atoms. The highest BCUT2D eigenvalue weighted by Gasteiger charge is 2.25. The van der Waals surface area contributed by atoms with E-state index in [0.29, 0.717) is 19.4 Å². The van der Waals surface area contributed by atoms with Gasteiger partial charge in [0.15, 0.2) is 0 Å². The van der Waals surface area contributed by atoms with Crippen molar-refractivity contribution in [1.82, 2.24) is 20.9 Å². The van der Waals surface area contributed by atoms with E-state index < -0.39 is 23.9 Å². The Hall–Kier alpha value is -3.62. The molecule has 0 fully saturated rings. The highest BCUT2D eigenvalue weighted by atomic mass is 16.5. The summed E-state index contributed by atoms with van der Waals surface area (Å²) in [5.74, 6) is -1.49. The normalized spacial score (nSPS) is 23.0. The fourth-order valence-electron chi connectivity index (χ4n) is 3.73. The monoisotopic (exact) mass is 468 g/mol. The summed E-state index contributed by atoms with van der Waals surface area (Å²) in [5, 5.41) is 9.12. The van der Waals surface area contributed by atoms with Crippen LogP contribution in [0.3, 0.4) is 0 Å². The number of amides is 3. The number of esters is 1. The fraction of sp³-hybridized carbons (Fsp3) is 0.440. The second-order valence-electron chi connectivity index (χ2n) is 8.33. The molecule has 4 N–H and O–H groups in total. The van der Waals surface area contributed by atoms with E-state index in [2.05, 4.69) is 20.9 Å². The molecular weight excluding hydrogens is 436 g/mol. The van der Waals surface area contributed by atoms with Gasteiger partial charge in [-0.25, -0.2) is 0 Å². The summed E-state index contributed by atoms with van der Waals surface area (Å²) < 4.78 is 5.19. The first-order valence-corrected chi connectivity index (χ1v) is 11.7. The van der Waals surface area contributed by atoms with Gasteiger partial charge in [0.1, 0.15) is 12.1 Å². The van der Waals surface area contributed by atoms with Crippen LogP contribution in [0, 0.1) is 0 Å². The number of cyclic esters (lactones) is 1. The van der Waals surface area contributed by atoms with Crippen molar-refractivity contribution in [3.05, 3.63) is 48.2 Å². The lowest BCUT2D eigenvalue weighted by Gasteiger charge is -2.21. The maximum Gasteiger partial charge on any atom is 0.307 e. The van der Waals surface area contributed by atoms with Gasteiger partial charge in [-0.05, 0) is 37.8 Å². The van der Waals surface area contributed by atoms with Crippen molar-refractivity contribution in [2.45, 2.75) is 57.5 Å². The highest BCUT2D eigenvalue weighted by molar-refractivity contribution is 5.93. The molecule has 2 heterocycles. The fourth-order valence-corrected chi connectivity index (χ4v) is 3.73. The second kappa shape index (κ2) is 12.6. The number of fused-ring (bicyclic) bond motifs is 1. The largest absolute Gasteiger partial charge is 0.466 e. The van der Waals surface area contributed by atoms with E-state index in [1.807, 2.05) is 42.6 Å². The first kappa shape index (κ1) is 25.0.